The minimum Gasteiger partial charge on any atom is -0.390 e. The van der Waals surface area contributed by atoms with Crippen molar-refractivity contribution in [2.24, 2.45) is 0 Å². The Bertz CT molecular complexity index is 845. The van der Waals surface area contributed by atoms with Gasteiger partial charge in [0.25, 0.3) is 0 Å². The van der Waals surface area contributed by atoms with Crippen LogP contribution in [0, 0.1) is 13.8 Å². The summed E-state index contributed by atoms with van der Waals surface area (Å²) in [4.78, 5) is 5.65. The Hall–Kier alpha value is -1.72. The van der Waals surface area contributed by atoms with Gasteiger partial charge in [-0.3, -0.25) is 0 Å². The van der Waals surface area contributed by atoms with Gasteiger partial charge in [0.05, 0.1) is 18.0 Å². The molecule has 114 valence electrons. The van der Waals surface area contributed by atoms with E-state index in [1.54, 1.807) is 11.3 Å². The summed E-state index contributed by atoms with van der Waals surface area (Å²) in [5.41, 5.74) is 5.15. The summed E-state index contributed by atoms with van der Waals surface area (Å²) in [5.74, 6) is 0.600. The molecule has 22 heavy (non-hydrogen) atoms. The molecule has 0 saturated heterocycles. The smallest absolute Gasteiger partial charge is 0.213 e. The fraction of sp³-hybridized carbons (Fsp3) is 0.412. The molecule has 5 heteroatoms. The molecule has 0 radical (unpaired) electrons. The number of rotatable bonds is 3. The van der Waals surface area contributed by atoms with E-state index in [-0.39, 0.29) is 6.61 Å². The quantitative estimate of drug-likeness (QED) is 0.799. The van der Waals surface area contributed by atoms with Gasteiger partial charge in [0.2, 0.25) is 4.96 Å². The van der Waals surface area contributed by atoms with Crippen LogP contribution in [0.4, 0.5) is 0 Å². The largest absolute Gasteiger partial charge is 0.390 e. The van der Waals surface area contributed by atoms with Crippen LogP contribution in [0.1, 0.15) is 47.0 Å². The molecule has 0 atom stereocenters. The lowest BCUT2D eigenvalue weighted by molar-refractivity contribution is 0.274. The molecule has 0 spiro atoms. The first-order valence-electron chi connectivity index (χ1n) is 7.74. The van der Waals surface area contributed by atoms with Gasteiger partial charge < -0.3 is 5.11 Å². The van der Waals surface area contributed by atoms with E-state index in [1.807, 2.05) is 4.52 Å². The van der Waals surface area contributed by atoms with Gasteiger partial charge in [-0.1, -0.05) is 41.5 Å². The molecule has 1 saturated carbocycles. The van der Waals surface area contributed by atoms with Crippen LogP contribution in [0.5, 0.6) is 0 Å². The minimum absolute atomic E-state index is 0.0440. The third-order valence-electron chi connectivity index (χ3n) is 4.55. The van der Waals surface area contributed by atoms with Gasteiger partial charge in [-0.15, -0.1) is 0 Å². The maximum atomic E-state index is 9.83. The van der Waals surface area contributed by atoms with Crippen molar-refractivity contribution in [1.29, 1.82) is 0 Å². The van der Waals surface area contributed by atoms with Gasteiger partial charge >= 0.3 is 0 Å². The standard InChI is InChI=1S/C17H19N3OS/c1-10-6-7-13(11(2)8-10)15-14(9-21)20-17(18-15)22-16(19-20)12-4-3-5-12/h6-8,12,21H,3-5,9H2,1-2H3. The van der Waals surface area contributed by atoms with E-state index in [0.29, 0.717) is 5.92 Å². The Balaban J connectivity index is 1.85. The van der Waals surface area contributed by atoms with Crippen molar-refractivity contribution in [3.63, 3.8) is 0 Å². The number of imidazole rings is 1. The topological polar surface area (TPSA) is 50.4 Å². The van der Waals surface area contributed by atoms with Gasteiger partial charge in [0.1, 0.15) is 5.01 Å². The molecule has 1 N–H and O–H groups in total. The maximum absolute atomic E-state index is 9.83. The highest BCUT2D eigenvalue weighted by atomic mass is 32.1. The normalized spacial score (nSPS) is 15.4. The van der Waals surface area contributed by atoms with E-state index in [0.717, 1.165) is 26.9 Å². The Morgan fingerprint density at radius 2 is 2.14 bits per heavy atom. The van der Waals surface area contributed by atoms with Crippen LogP contribution in [0.2, 0.25) is 0 Å². The molecule has 1 aromatic carbocycles. The van der Waals surface area contributed by atoms with E-state index in [2.05, 4.69) is 32.0 Å². The van der Waals surface area contributed by atoms with Gasteiger partial charge in [-0.05, 0) is 32.3 Å². The lowest BCUT2D eigenvalue weighted by Crippen LogP contribution is -2.09. The molecular weight excluding hydrogens is 294 g/mol. The lowest BCUT2D eigenvalue weighted by atomic mass is 9.86. The average Bonchev–Trinajstić information content (AvgIpc) is 2.93. The fourth-order valence-corrected chi connectivity index (χ4v) is 4.15. The number of aliphatic hydroxyl groups is 1. The first-order valence-corrected chi connectivity index (χ1v) is 8.56. The summed E-state index contributed by atoms with van der Waals surface area (Å²) in [5, 5.41) is 15.7. The highest BCUT2D eigenvalue weighted by Gasteiger charge is 2.26. The molecule has 0 aliphatic heterocycles. The molecule has 2 heterocycles. The van der Waals surface area contributed by atoms with E-state index in [1.165, 1.54) is 30.4 Å². The summed E-state index contributed by atoms with van der Waals surface area (Å²) in [6.45, 7) is 4.13. The molecular formula is C17H19N3OS. The number of aryl methyl sites for hydroxylation is 2. The van der Waals surface area contributed by atoms with Crippen LogP contribution >= 0.6 is 11.3 Å². The Morgan fingerprint density at radius 1 is 1.32 bits per heavy atom. The average molecular weight is 313 g/mol. The molecule has 4 nitrogen and oxygen atoms in total. The Labute approximate surface area is 133 Å². The molecule has 0 bridgehead atoms. The Morgan fingerprint density at radius 3 is 2.77 bits per heavy atom. The van der Waals surface area contributed by atoms with Crippen molar-refractivity contribution in [2.75, 3.05) is 0 Å². The zero-order chi connectivity index (χ0) is 15.3. The third kappa shape index (κ3) is 2.08. The molecule has 1 aliphatic carbocycles. The molecule has 3 aromatic rings. The van der Waals surface area contributed by atoms with Gasteiger partial charge in [-0.25, -0.2) is 9.50 Å². The first kappa shape index (κ1) is 13.9. The van der Waals surface area contributed by atoms with Crippen LogP contribution in [0.15, 0.2) is 18.2 Å². The number of benzene rings is 1. The predicted octanol–water partition coefficient (Wildman–Crippen LogP) is 3.83. The van der Waals surface area contributed by atoms with Gasteiger partial charge in [-0.2, -0.15) is 5.10 Å². The molecule has 0 unspecified atom stereocenters. The fourth-order valence-electron chi connectivity index (χ4n) is 3.06. The highest BCUT2D eigenvalue weighted by Crippen LogP contribution is 2.39. The first-order chi connectivity index (χ1) is 10.7. The van der Waals surface area contributed by atoms with Crippen molar-refractivity contribution in [1.82, 2.24) is 14.6 Å². The van der Waals surface area contributed by atoms with E-state index >= 15 is 0 Å². The number of hydrogen-bond acceptors (Lipinski definition) is 4. The van der Waals surface area contributed by atoms with E-state index < -0.39 is 0 Å². The second-order valence-electron chi connectivity index (χ2n) is 6.15. The number of aliphatic hydroxyl groups excluding tert-OH is 1. The number of nitrogens with zero attached hydrogens (tertiary/aromatic N) is 3. The summed E-state index contributed by atoms with van der Waals surface area (Å²) >= 11 is 1.66. The van der Waals surface area contributed by atoms with Gasteiger partial charge in [0, 0.05) is 11.5 Å². The number of hydrogen-bond donors (Lipinski definition) is 1. The third-order valence-corrected chi connectivity index (χ3v) is 5.62. The van der Waals surface area contributed by atoms with Gasteiger partial charge in [0.15, 0.2) is 0 Å². The monoisotopic (exact) mass is 313 g/mol. The van der Waals surface area contributed by atoms with E-state index in [9.17, 15) is 5.11 Å². The van der Waals surface area contributed by atoms with Crippen molar-refractivity contribution in [3.8, 4) is 11.3 Å². The second kappa shape index (κ2) is 5.18. The van der Waals surface area contributed by atoms with Crippen molar-refractivity contribution in [3.05, 3.63) is 40.0 Å². The summed E-state index contributed by atoms with van der Waals surface area (Å²) in [6, 6.07) is 6.32. The second-order valence-corrected chi connectivity index (χ2v) is 7.13. The zero-order valence-corrected chi connectivity index (χ0v) is 13.7. The van der Waals surface area contributed by atoms with Crippen LogP contribution in [0.25, 0.3) is 16.2 Å². The number of aromatic nitrogens is 3. The van der Waals surface area contributed by atoms with Crippen molar-refractivity contribution >= 4 is 16.3 Å². The zero-order valence-electron chi connectivity index (χ0n) is 12.8. The van der Waals surface area contributed by atoms with Crippen LogP contribution in [0.3, 0.4) is 0 Å². The SMILES string of the molecule is Cc1ccc(-c2nc3sc(C4CCC4)nn3c2CO)c(C)c1. The molecule has 2 aromatic heterocycles. The van der Waals surface area contributed by atoms with Crippen molar-refractivity contribution < 1.29 is 5.11 Å². The molecule has 4 rings (SSSR count). The Kier molecular flexibility index (Phi) is 3.27. The molecule has 1 fully saturated rings. The van der Waals surface area contributed by atoms with E-state index in [4.69, 9.17) is 10.1 Å². The molecule has 1 aliphatic rings. The van der Waals surface area contributed by atoms with Crippen molar-refractivity contribution in [2.45, 2.75) is 45.6 Å². The summed E-state index contributed by atoms with van der Waals surface area (Å²) < 4.78 is 1.84. The summed E-state index contributed by atoms with van der Waals surface area (Å²) in [7, 11) is 0. The minimum atomic E-state index is -0.0440. The number of fused-ring (bicyclic) bond motifs is 1. The van der Waals surface area contributed by atoms with Crippen LogP contribution < -0.4 is 0 Å². The van der Waals surface area contributed by atoms with Crippen LogP contribution in [-0.2, 0) is 6.61 Å². The van der Waals surface area contributed by atoms with Crippen LogP contribution in [-0.4, -0.2) is 19.7 Å². The maximum Gasteiger partial charge on any atom is 0.213 e. The summed E-state index contributed by atoms with van der Waals surface area (Å²) in [6.07, 6.45) is 3.76. The highest BCUT2D eigenvalue weighted by molar-refractivity contribution is 7.16. The predicted molar refractivity (Wildman–Crippen MR) is 88.3 cm³/mol. The lowest BCUT2D eigenvalue weighted by Gasteiger charge is -2.21. The molecule has 0 amide bonds.